The standard InChI is InChI=1S/C20H22N4O2S/c1-13-16-18(25)21-14(2)22-19(16)27-17(13)20(26)24-10-8-23(9-11-24)12-15-6-4-3-5-7-15/h3-7H,8-12H2,1-2H3,(H,21,22,25). The summed E-state index contributed by atoms with van der Waals surface area (Å²) in [7, 11) is 0. The zero-order valence-electron chi connectivity index (χ0n) is 15.5. The van der Waals surface area contributed by atoms with Crippen LogP contribution in [0.5, 0.6) is 0 Å². The average Bonchev–Trinajstić information content (AvgIpc) is 2.99. The number of hydrogen-bond acceptors (Lipinski definition) is 5. The van der Waals surface area contributed by atoms with E-state index in [1.807, 2.05) is 17.9 Å². The number of nitrogens with one attached hydrogen (secondary N) is 1. The zero-order chi connectivity index (χ0) is 19.0. The molecule has 3 heterocycles. The van der Waals surface area contributed by atoms with Crippen LogP contribution < -0.4 is 5.56 Å². The van der Waals surface area contributed by atoms with Crippen molar-refractivity contribution in [1.82, 2.24) is 19.8 Å². The van der Waals surface area contributed by atoms with Crippen molar-refractivity contribution in [3.8, 4) is 0 Å². The molecule has 140 valence electrons. The monoisotopic (exact) mass is 382 g/mol. The Labute approximate surface area is 161 Å². The minimum absolute atomic E-state index is 0.00640. The Morgan fingerprint density at radius 3 is 2.56 bits per heavy atom. The number of hydrogen-bond donors (Lipinski definition) is 1. The van der Waals surface area contributed by atoms with E-state index >= 15 is 0 Å². The van der Waals surface area contributed by atoms with Crippen LogP contribution in [0.1, 0.15) is 26.6 Å². The van der Waals surface area contributed by atoms with Crippen molar-refractivity contribution in [3.05, 3.63) is 62.5 Å². The first kappa shape index (κ1) is 17.9. The Kier molecular flexibility index (Phi) is 4.80. The van der Waals surface area contributed by atoms with E-state index < -0.39 is 0 Å². The summed E-state index contributed by atoms with van der Waals surface area (Å²) in [5.41, 5.74) is 1.86. The predicted octanol–water partition coefficient (Wildman–Crippen LogP) is 2.56. The summed E-state index contributed by atoms with van der Waals surface area (Å²) >= 11 is 1.32. The van der Waals surface area contributed by atoms with Gasteiger partial charge in [-0.3, -0.25) is 14.5 Å². The molecule has 0 saturated carbocycles. The lowest BCUT2D eigenvalue weighted by atomic mass is 10.1. The molecular formula is C20H22N4O2S. The van der Waals surface area contributed by atoms with Crippen molar-refractivity contribution in [1.29, 1.82) is 0 Å². The van der Waals surface area contributed by atoms with Gasteiger partial charge in [-0.05, 0) is 25.0 Å². The summed E-state index contributed by atoms with van der Waals surface area (Å²) in [5, 5.41) is 0.539. The summed E-state index contributed by atoms with van der Waals surface area (Å²) in [4.78, 5) is 37.9. The normalized spacial score (nSPS) is 15.4. The Morgan fingerprint density at radius 1 is 1.15 bits per heavy atom. The first-order chi connectivity index (χ1) is 13.0. The third-order valence-electron chi connectivity index (χ3n) is 5.02. The number of aromatic nitrogens is 2. The number of fused-ring (bicyclic) bond motifs is 1. The first-order valence-electron chi connectivity index (χ1n) is 9.08. The zero-order valence-corrected chi connectivity index (χ0v) is 16.3. The van der Waals surface area contributed by atoms with E-state index in [9.17, 15) is 9.59 Å². The van der Waals surface area contributed by atoms with E-state index in [-0.39, 0.29) is 11.5 Å². The Morgan fingerprint density at radius 2 is 1.85 bits per heavy atom. The first-order valence-corrected chi connectivity index (χ1v) is 9.90. The largest absolute Gasteiger partial charge is 0.335 e. The quantitative estimate of drug-likeness (QED) is 0.756. The molecule has 27 heavy (non-hydrogen) atoms. The molecule has 1 fully saturated rings. The molecule has 0 unspecified atom stereocenters. The lowest BCUT2D eigenvalue weighted by Gasteiger charge is -2.34. The molecule has 3 aromatic rings. The summed E-state index contributed by atoms with van der Waals surface area (Å²) in [6, 6.07) is 10.4. The van der Waals surface area contributed by atoms with Crippen LogP contribution >= 0.6 is 11.3 Å². The molecule has 1 aromatic carbocycles. The van der Waals surface area contributed by atoms with Crippen LogP contribution in [0.2, 0.25) is 0 Å². The fourth-order valence-electron chi connectivity index (χ4n) is 3.55. The van der Waals surface area contributed by atoms with E-state index in [1.54, 1.807) is 6.92 Å². The van der Waals surface area contributed by atoms with Crippen LogP contribution in [0, 0.1) is 13.8 Å². The minimum atomic E-state index is -0.169. The predicted molar refractivity (Wildman–Crippen MR) is 107 cm³/mol. The van der Waals surface area contributed by atoms with Gasteiger partial charge >= 0.3 is 0 Å². The number of aryl methyl sites for hydroxylation is 2. The third-order valence-corrected chi connectivity index (χ3v) is 6.20. The molecule has 7 heteroatoms. The number of rotatable bonds is 3. The van der Waals surface area contributed by atoms with Crippen LogP contribution in [-0.4, -0.2) is 51.9 Å². The smallest absolute Gasteiger partial charge is 0.264 e. The fourth-order valence-corrected chi connectivity index (χ4v) is 4.75. The maximum Gasteiger partial charge on any atom is 0.264 e. The van der Waals surface area contributed by atoms with Gasteiger partial charge in [0, 0.05) is 32.7 Å². The second-order valence-electron chi connectivity index (χ2n) is 6.94. The molecule has 1 saturated heterocycles. The number of carbonyl (C=O) groups is 1. The van der Waals surface area contributed by atoms with Crippen molar-refractivity contribution in [3.63, 3.8) is 0 Å². The Balaban J connectivity index is 1.48. The van der Waals surface area contributed by atoms with Gasteiger partial charge in [0.25, 0.3) is 11.5 Å². The average molecular weight is 382 g/mol. The highest BCUT2D eigenvalue weighted by molar-refractivity contribution is 7.20. The van der Waals surface area contributed by atoms with Crippen LogP contribution in [0.4, 0.5) is 0 Å². The van der Waals surface area contributed by atoms with Gasteiger partial charge in [-0.1, -0.05) is 30.3 Å². The van der Waals surface area contributed by atoms with Crippen molar-refractivity contribution < 1.29 is 4.79 Å². The Hall–Kier alpha value is -2.51. The maximum absolute atomic E-state index is 13.0. The van der Waals surface area contributed by atoms with E-state index in [1.165, 1.54) is 16.9 Å². The van der Waals surface area contributed by atoms with Gasteiger partial charge in [0.05, 0.1) is 10.3 Å². The molecule has 2 aromatic heterocycles. The molecule has 4 rings (SSSR count). The second-order valence-corrected chi connectivity index (χ2v) is 7.94. The number of amides is 1. The molecule has 0 atom stereocenters. The van der Waals surface area contributed by atoms with Gasteiger partial charge in [-0.25, -0.2) is 4.98 Å². The molecule has 0 radical (unpaired) electrons. The SMILES string of the molecule is Cc1nc2sc(C(=O)N3CCN(Cc4ccccc4)CC3)c(C)c2c(=O)[nH]1. The van der Waals surface area contributed by atoms with E-state index in [0.29, 0.717) is 34.0 Å². The van der Waals surface area contributed by atoms with Crippen LogP contribution in [0.15, 0.2) is 35.1 Å². The van der Waals surface area contributed by atoms with Gasteiger partial charge in [0.15, 0.2) is 0 Å². The molecule has 0 spiro atoms. The number of piperazine rings is 1. The van der Waals surface area contributed by atoms with Gasteiger partial charge in [-0.2, -0.15) is 0 Å². The topological polar surface area (TPSA) is 69.3 Å². The Bertz CT molecular complexity index is 1030. The van der Waals surface area contributed by atoms with Gasteiger partial charge in [-0.15, -0.1) is 11.3 Å². The van der Waals surface area contributed by atoms with Crippen molar-refractivity contribution in [2.24, 2.45) is 0 Å². The van der Waals surface area contributed by atoms with E-state index in [2.05, 4.69) is 39.1 Å². The van der Waals surface area contributed by atoms with Crippen LogP contribution in [0.25, 0.3) is 10.2 Å². The molecule has 0 bridgehead atoms. The number of aromatic amines is 1. The lowest BCUT2D eigenvalue weighted by Crippen LogP contribution is -2.48. The molecule has 1 aliphatic rings. The van der Waals surface area contributed by atoms with Crippen LogP contribution in [0.3, 0.4) is 0 Å². The van der Waals surface area contributed by atoms with Crippen molar-refractivity contribution >= 4 is 27.5 Å². The summed E-state index contributed by atoms with van der Waals surface area (Å²) < 4.78 is 0. The summed E-state index contributed by atoms with van der Waals surface area (Å²) in [5.74, 6) is 0.578. The summed E-state index contributed by atoms with van der Waals surface area (Å²) in [6.07, 6.45) is 0. The third kappa shape index (κ3) is 3.52. The number of carbonyl (C=O) groups excluding carboxylic acids is 1. The summed E-state index contributed by atoms with van der Waals surface area (Å²) in [6.45, 7) is 7.59. The van der Waals surface area contributed by atoms with Crippen molar-refractivity contribution in [2.75, 3.05) is 26.2 Å². The molecule has 6 nitrogen and oxygen atoms in total. The lowest BCUT2D eigenvalue weighted by molar-refractivity contribution is 0.0632. The second kappa shape index (κ2) is 7.25. The van der Waals surface area contributed by atoms with E-state index in [4.69, 9.17) is 0 Å². The fraction of sp³-hybridized carbons (Fsp3) is 0.350. The highest BCUT2D eigenvalue weighted by atomic mass is 32.1. The van der Waals surface area contributed by atoms with Crippen LogP contribution in [-0.2, 0) is 6.54 Å². The molecule has 1 N–H and O–H groups in total. The maximum atomic E-state index is 13.0. The van der Waals surface area contributed by atoms with Gasteiger partial charge < -0.3 is 9.88 Å². The van der Waals surface area contributed by atoms with Crippen molar-refractivity contribution in [2.45, 2.75) is 20.4 Å². The molecular weight excluding hydrogens is 360 g/mol. The number of nitrogens with zero attached hydrogens (tertiary/aromatic N) is 3. The van der Waals surface area contributed by atoms with E-state index in [0.717, 1.165) is 25.2 Å². The number of thiophene rings is 1. The number of benzene rings is 1. The molecule has 1 amide bonds. The van der Waals surface area contributed by atoms with Gasteiger partial charge in [0.2, 0.25) is 0 Å². The molecule has 1 aliphatic heterocycles. The van der Waals surface area contributed by atoms with Gasteiger partial charge in [0.1, 0.15) is 10.7 Å². The molecule has 0 aliphatic carbocycles. The highest BCUT2D eigenvalue weighted by Gasteiger charge is 2.26. The minimum Gasteiger partial charge on any atom is -0.335 e. The highest BCUT2D eigenvalue weighted by Crippen LogP contribution is 2.28. The number of H-pyrrole nitrogens is 1.